The first kappa shape index (κ1) is 11.5. The number of hydrogen-bond donors (Lipinski definition) is 1. The highest BCUT2D eigenvalue weighted by molar-refractivity contribution is 5.88. The van der Waals surface area contributed by atoms with E-state index in [2.05, 4.69) is 20.4 Å². The van der Waals surface area contributed by atoms with E-state index in [4.69, 9.17) is 0 Å². The highest BCUT2D eigenvalue weighted by atomic mass is 19.1. The van der Waals surface area contributed by atoms with Crippen molar-refractivity contribution in [1.82, 2.24) is 19.7 Å². The van der Waals surface area contributed by atoms with Gasteiger partial charge in [0.2, 0.25) is 0 Å². The molecule has 7 heteroatoms. The maximum Gasteiger partial charge on any atom is 0.163 e. The zero-order valence-electron chi connectivity index (χ0n) is 9.93. The second kappa shape index (κ2) is 4.27. The van der Waals surface area contributed by atoms with Gasteiger partial charge < -0.3 is 5.32 Å². The number of nitrogens with one attached hydrogen (secondary N) is 1. The quantitative estimate of drug-likeness (QED) is 0.769. The molecule has 0 bridgehead atoms. The first-order chi connectivity index (χ1) is 9.15. The molecule has 0 aliphatic rings. The zero-order valence-corrected chi connectivity index (χ0v) is 9.93. The van der Waals surface area contributed by atoms with Crippen LogP contribution in [0.4, 0.5) is 20.3 Å². The molecule has 0 aliphatic heterocycles. The van der Waals surface area contributed by atoms with Gasteiger partial charge in [-0.25, -0.2) is 18.7 Å². The van der Waals surface area contributed by atoms with Crippen LogP contribution in [-0.4, -0.2) is 19.7 Å². The Morgan fingerprint density at radius 2 is 2.05 bits per heavy atom. The second-order valence-corrected chi connectivity index (χ2v) is 3.98. The van der Waals surface area contributed by atoms with Gasteiger partial charge in [0.25, 0.3) is 0 Å². The SMILES string of the molecule is Cn1ncc2c(Nc3cc(F)ccc3F)ncnc21. The molecule has 0 atom stereocenters. The average Bonchev–Trinajstić information content (AvgIpc) is 2.77. The summed E-state index contributed by atoms with van der Waals surface area (Å²) >= 11 is 0. The third-order valence-corrected chi connectivity index (χ3v) is 2.71. The molecule has 0 saturated carbocycles. The van der Waals surface area contributed by atoms with Crippen molar-refractivity contribution in [2.75, 3.05) is 5.32 Å². The van der Waals surface area contributed by atoms with Crippen LogP contribution in [0, 0.1) is 11.6 Å². The first-order valence-electron chi connectivity index (χ1n) is 5.50. The molecule has 0 unspecified atom stereocenters. The standard InChI is InChI=1S/C12H9F2N5/c1-19-12-8(5-17-19)11(15-6-16-12)18-10-4-7(13)2-3-9(10)14/h2-6H,1H3,(H,15,16,18). The summed E-state index contributed by atoms with van der Waals surface area (Å²) in [4.78, 5) is 8.09. The van der Waals surface area contributed by atoms with E-state index in [-0.39, 0.29) is 5.69 Å². The molecule has 1 aromatic carbocycles. The van der Waals surface area contributed by atoms with Gasteiger partial charge in [-0.05, 0) is 12.1 Å². The van der Waals surface area contributed by atoms with E-state index in [1.807, 2.05) is 0 Å². The normalized spacial score (nSPS) is 10.9. The minimum atomic E-state index is -0.558. The molecule has 0 spiro atoms. The van der Waals surface area contributed by atoms with Crippen molar-refractivity contribution >= 4 is 22.5 Å². The molecular formula is C12H9F2N5. The van der Waals surface area contributed by atoms with Crippen LogP contribution in [0.25, 0.3) is 11.0 Å². The van der Waals surface area contributed by atoms with Crippen molar-refractivity contribution in [2.24, 2.45) is 7.05 Å². The molecule has 0 fully saturated rings. The molecule has 1 N–H and O–H groups in total. The number of aromatic nitrogens is 4. The number of hydrogen-bond acceptors (Lipinski definition) is 4. The predicted octanol–water partition coefficient (Wildman–Crippen LogP) is 2.39. The molecular weight excluding hydrogens is 252 g/mol. The smallest absolute Gasteiger partial charge is 0.163 e. The molecule has 0 aliphatic carbocycles. The molecule has 0 saturated heterocycles. The van der Waals surface area contributed by atoms with Crippen molar-refractivity contribution in [3.05, 3.63) is 42.4 Å². The zero-order chi connectivity index (χ0) is 13.4. The molecule has 3 aromatic rings. The van der Waals surface area contributed by atoms with Gasteiger partial charge in [0, 0.05) is 13.1 Å². The number of halogens is 2. The topological polar surface area (TPSA) is 55.6 Å². The fourth-order valence-electron chi connectivity index (χ4n) is 1.78. The summed E-state index contributed by atoms with van der Waals surface area (Å²) in [5, 5.41) is 7.43. The van der Waals surface area contributed by atoms with Crippen LogP contribution in [0.3, 0.4) is 0 Å². The van der Waals surface area contributed by atoms with Crippen LogP contribution in [0.2, 0.25) is 0 Å². The Kier molecular flexibility index (Phi) is 2.59. The Hall–Kier alpha value is -2.57. The van der Waals surface area contributed by atoms with Crippen molar-refractivity contribution in [3.63, 3.8) is 0 Å². The van der Waals surface area contributed by atoms with Gasteiger partial charge in [-0.2, -0.15) is 5.10 Å². The minimum absolute atomic E-state index is 0.0175. The van der Waals surface area contributed by atoms with Crippen LogP contribution in [0.5, 0.6) is 0 Å². The third kappa shape index (κ3) is 1.99. The summed E-state index contributed by atoms with van der Waals surface area (Å²) in [6.07, 6.45) is 2.90. The van der Waals surface area contributed by atoms with Crippen molar-refractivity contribution in [3.8, 4) is 0 Å². The lowest BCUT2D eigenvalue weighted by atomic mass is 10.3. The molecule has 3 rings (SSSR count). The minimum Gasteiger partial charge on any atom is -0.337 e. The lowest BCUT2D eigenvalue weighted by molar-refractivity contribution is 0.603. The van der Waals surface area contributed by atoms with E-state index in [1.165, 1.54) is 6.33 Å². The highest BCUT2D eigenvalue weighted by Crippen LogP contribution is 2.24. The van der Waals surface area contributed by atoms with Gasteiger partial charge in [0.1, 0.15) is 23.8 Å². The summed E-state index contributed by atoms with van der Waals surface area (Å²) in [5.74, 6) is -0.708. The van der Waals surface area contributed by atoms with E-state index in [0.29, 0.717) is 16.9 Å². The summed E-state index contributed by atoms with van der Waals surface area (Å²) in [7, 11) is 1.74. The van der Waals surface area contributed by atoms with Gasteiger partial charge in [-0.3, -0.25) is 4.68 Å². The van der Waals surface area contributed by atoms with Crippen molar-refractivity contribution < 1.29 is 8.78 Å². The van der Waals surface area contributed by atoms with Crippen molar-refractivity contribution in [1.29, 1.82) is 0 Å². The molecule has 5 nitrogen and oxygen atoms in total. The molecule has 2 aromatic heterocycles. The number of benzene rings is 1. The van der Waals surface area contributed by atoms with Gasteiger partial charge in [0.15, 0.2) is 5.65 Å². The summed E-state index contributed by atoms with van der Waals surface area (Å²) in [6.45, 7) is 0. The lowest BCUT2D eigenvalue weighted by Crippen LogP contribution is -1.99. The lowest BCUT2D eigenvalue weighted by Gasteiger charge is -2.07. The molecule has 0 radical (unpaired) electrons. The van der Waals surface area contributed by atoms with Crippen LogP contribution in [0.1, 0.15) is 0 Å². The van der Waals surface area contributed by atoms with E-state index < -0.39 is 11.6 Å². The maximum absolute atomic E-state index is 13.6. The molecule has 96 valence electrons. The Labute approximate surface area is 106 Å². The Morgan fingerprint density at radius 1 is 1.21 bits per heavy atom. The van der Waals surface area contributed by atoms with Crippen molar-refractivity contribution in [2.45, 2.75) is 0 Å². The number of anilines is 2. The molecule has 19 heavy (non-hydrogen) atoms. The maximum atomic E-state index is 13.6. The van der Waals surface area contributed by atoms with E-state index in [1.54, 1.807) is 17.9 Å². The van der Waals surface area contributed by atoms with Gasteiger partial charge in [-0.15, -0.1) is 0 Å². The monoisotopic (exact) mass is 261 g/mol. The highest BCUT2D eigenvalue weighted by Gasteiger charge is 2.10. The third-order valence-electron chi connectivity index (χ3n) is 2.71. The summed E-state index contributed by atoms with van der Waals surface area (Å²) in [5.41, 5.74) is 0.623. The first-order valence-corrected chi connectivity index (χ1v) is 5.50. The van der Waals surface area contributed by atoms with E-state index in [0.717, 1.165) is 18.2 Å². The number of nitrogens with zero attached hydrogens (tertiary/aromatic N) is 4. The molecule has 0 amide bonds. The van der Waals surface area contributed by atoms with Gasteiger partial charge >= 0.3 is 0 Å². The van der Waals surface area contributed by atoms with Crippen LogP contribution >= 0.6 is 0 Å². The number of rotatable bonds is 2. The summed E-state index contributed by atoms with van der Waals surface area (Å²) in [6, 6.07) is 3.18. The van der Waals surface area contributed by atoms with Gasteiger partial charge in [-0.1, -0.05) is 0 Å². The largest absolute Gasteiger partial charge is 0.337 e. The Morgan fingerprint density at radius 3 is 2.89 bits per heavy atom. The van der Waals surface area contributed by atoms with Crippen LogP contribution in [0.15, 0.2) is 30.7 Å². The number of fused-ring (bicyclic) bond motifs is 1. The fraction of sp³-hybridized carbons (Fsp3) is 0.0833. The Bertz CT molecular complexity index is 753. The average molecular weight is 261 g/mol. The van der Waals surface area contributed by atoms with Crippen LogP contribution in [-0.2, 0) is 7.05 Å². The van der Waals surface area contributed by atoms with E-state index >= 15 is 0 Å². The Balaban J connectivity index is 2.08. The number of aryl methyl sites for hydroxylation is 1. The molecule has 2 heterocycles. The van der Waals surface area contributed by atoms with Crippen LogP contribution < -0.4 is 5.32 Å². The van der Waals surface area contributed by atoms with E-state index in [9.17, 15) is 8.78 Å². The fourth-order valence-corrected chi connectivity index (χ4v) is 1.78. The van der Waals surface area contributed by atoms with Gasteiger partial charge in [0.05, 0.1) is 17.3 Å². The summed E-state index contributed by atoms with van der Waals surface area (Å²) < 4.78 is 28.3. The second-order valence-electron chi connectivity index (χ2n) is 3.98. The predicted molar refractivity (Wildman–Crippen MR) is 65.9 cm³/mol.